The van der Waals surface area contributed by atoms with E-state index in [0.717, 1.165) is 18.4 Å². The van der Waals surface area contributed by atoms with Crippen molar-refractivity contribution < 1.29 is 4.74 Å². The Bertz CT molecular complexity index is 193. The lowest BCUT2D eigenvalue weighted by atomic mass is 10.2. The Morgan fingerprint density at radius 3 is 2.92 bits per heavy atom. The van der Waals surface area contributed by atoms with E-state index in [0.29, 0.717) is 13.2 Å². The molecule has 0 saturated carbocycles. The third-order valence-corrected chi connectivity index (χ3v) is 1.36. The average molecular weight is 164 g/mol. The Kier molecular flexibility index (Phi) is 7.42. The molecule has 0 N–H and O–H groups in total. The second kappa shape index (κ2) is 8.10. The Hall–Kier alpha value is -1.00. The van der Waals surface area contributed by atoms with Gasteiger partial charge in [0.2, 0.25) is 0 Å². The van der Waals surface area contributed by atoms with Gasteiger partial charge in [-0.1, -0.05) is 24.1 Å². The molecule has 0 aliphatic heterocycles. The molecule has 0 aromatic rings. The maximum absolute atomic E-state index is 5.23. The minimum absolute atomic E-state index is 0.504. The second-order valence-corrected chi connectivity index (χ2v) is 2.50. The molecule has 1 heteroatoms. The van der Waals surface area contributed by atoms with Gasteiger partial charge in [0, 0.05) is 0 Å². The van der Waals surface area contributed by atoms with Crippen molar-refractivity contribution in [1.82, 2.24) is 0 Å². The summed E-state index contributed by atoms with van der Waals surface area (Å²) in [4.78, 5) is 0. The summed E-state index contributed by atoms with van der Waals surface area (Å²) in [5.41, 5.74) is 1.10. The van der Waals surface area contributed by atoms with E-state index in [9.17, 15) is 0 Å². The molecule has 12 heavy (non-hydrogen) atoms. The molecule has 1 nitrogen and oxygen atoms in total. The van der Waals surface area contributed by atoms with Crippen LogP contribution >= 0.6 is 0 Å². The third kappa shape index (κ3) is 7.11. The molecule has 0 aromatic heterocycles. The van der Waals surface area contributed by atoms with Crippen LogP contribution in [0.5, 0.6) is 0 Å². The lowest BCUT2D eigenvalue weighted by Gasteiger charge is -2.02. The average Bonchev–Trinajstić information content (AvgIpc) is 2.09. The van der Waals surface area contributed by atoms with E-state index in [1.54, 1.807) is 6.92 Å². The molecule has 0 radical (unpaired) electrons. The van der Waals surface area contributed by atoms with Crippen molar-refractivity contribution >= 4 is 0 Å². The Morgan fingerprint density at radius 2 is 2.33 bits per heavy atom. The summed E-state index contributed by atoms with van der Waals surface area (Å²) in [6.45, 7) is 10.4. The highest BCUT2D eigenvalue weighted by Gasteiger charge is 1.91. The number of rotatable bonds is 6. The largest absolute Gasteiger partial charge is 0.364 e. The molecule has 0 spiro atoms. The molecule has 0 atom stereocenters. The van der Waals surface area contributed by atoms with Crippen molar-refractivity contribution in [3.63, 3.8) is 0 Å². The van der Waals surface area contributed by atoms with Crippen molar-refractivity contribution in [2.24, 2.45) is 0 Å². The van der Waals surface area contributed by atoms with E-state index in [4.69, 9.17) is 4.74 Å². The van der Waals surface area contributed by atoms with Crippen LogP contribution in [0.4, 0.5) is 0 Å². The molecule has 0 saturated heterocycles. The van der Waals surface area contributed by atoms with Gasteiger partial charge < -0.3 is 4.74 Å². The van der Waals surface area contributed by atoms with E-state index in [2.05, 4.69) is 25.0 Å². The smallest absolute Gasteiger partial charge is 0.108 e. The molecule has 0 aliphatic carbocycles. The molecule has 0 aliphatic rings. The standard InChI is InChI=1S/C11H16O/c1-4-6-8-11(3)10-12-9-7-5-2/h4H,1,3,6,8-10H2,2H3. The zero-order chi connectivity index (χ0) is 9.23. The molecular formula is C11H16O. The molecule has 0 rings (SSSR count). The summed E-state index contributed by atoms with van der Waals surface area (Å²) in [5.74, 6) is 5.59. The number of hydrogen-bond acceptors (Lipinski definition) is 1. The van der Waals surface area contributed by atoms with Crippen LogP contribution in [0.3, 0.4) is 0 Å². The lowest BCUT2D eigenvalue weighted by Crippen LogP contribution is -1.97. The summed E-state index contributed by atoms with van der Waals surface area (Å²) >= 11 is 0. The quantitative estimate of drug-likeness (QED) is 0.333. The van der Waals surface area contributed by atoms with Gasteiger partial charge in [-0.05, 0) is 19.8 Å². The van der Waals surface area contributed by atoms with Gasteiger partial charge in [0.15, 0.2) is 0 Å². The van der Waals surface area contributed by atoms with E-state index >= 15 is 0 Å². The highest BCUT2D eigenvalue weighted by Crippen LogP contribution is 2.02. The van der Waals surface area contributed by atoms with Crippen molar-refractivity contribution in [2.45, 2.75) is 19.8 Å². The fourth-order valence-corrected chi connectivity index (χ4v) is 0.697. The summed E-state index contributed by atoms with van der Waals surface area (Å²) in [5, 5.41) is 0. The van der Waals surface area contributed by atoms with Gasteiger partial charge in [-0.2, -0.15) is 0 Å². The highest BCUT2D eigenvalue weighted by molar-refractivity contribution is 4.98. The van der Waals surface area contributed by atoms with Crippen LogP contribution in [0.1, 0.15) is 19.8 Å². The van der Waals surface area contributed by atoms with E-state index < -0.39 is 0 Å². The van der Waals surface area contributed by atoms with Gasteiger partial charge in [0.05, 0.1) is 6.61 Å². The van der Waals surface area contributed by atoms with Gasteiger partial charge in [-0.25, -0.2) is 0 Å². The van der Waals surface area contributed by atoms with Crippen molar-refractivity contribution in [2.75, 3.05) is 13.2 Å². The first-order chi connectivity index (χ1) is 5.81. The molecular weight excluding hydrogens is 148 g/mol. The fourth-order valence-electron chi connectivity index (χ4n) is 0.697. The molecule has 0 unspecified atom stereocenters. The molecule has 0 heterocycles. The first-order valence-corrected chi connectivity index (χ1v) is 4.06. The van der Waals surface area contributed by atoms with E-state index in [-0.39, 0.29) is 0 Å². The maximum Gasteiger partial charge on any atom is 0.108 e. The first-order valence-electron chi connectivity index (χ1n) is 4.06. The predicted octanol–water partition coefficient (Wildman–Crippen LogP) is 2.55. The zero-order valence-electron chi connectivity index (χ0n) is 7.73. The highest BCUT2D eigenvalue weighted by atomic mass is 16.5. The van der Waals surface area contributed by atoms with Crippen molar-refractivity contribution in [3.05, 3.63) is 24.8 Å². The van der Waals surface area contributed by atoms with Crippen LogP contribution < -0.4 is 0 Å². The zero-order valence-corrected chi connectivity index (χ0v) is 7.73. The fraction of sp³-hybridized carbons (Fsp3) is 0.455. The van der Waals surface area contributed by atoms with Gasteiger partial charge >= 0.3 is 0 Å². The molecule has 0 aromatic carbocycles. The van der Waals surface area contributed by atoms with Crippen molar-refractivity contribution in [3.8, 4) is 11.8 Å². The minimum atomic E-state index is 0.504. The molecule has 66 valence electrons. The summed E-state index contributed by atoms with van der Waals surface area (Å²) in [6.07, 6.45) is 3.82. The monoisotopic (exact) mass is 164 g/mol. The van der Waals surface area contributed by atoms with Gasteiger partial charge in [0.1, 0.15) is 6.61 Å². The normalized spacial score (nSPS) is 8.42. The number of ether oxygens (including phenoxy) is 1. The first kappa shape index (κ1) is 11.0. The minimum Gasteiger partial charge on any atom is -0.364 e. The number of hydrogen-bond donors (Lipinski definition) is 0. The molecule has 0 amide bonds. The van der Waals surface area contributed by atoms with Gasteiger partial charge in [0.25, 0.3) is 0 Å². The SMILES string of the molecule is C=CCCC(=C)COCC#CC. The molecule has 0 fully saturated rings. The van der Waals surface area contributed by atoms with Crippen LogP contribution in [0, 0.1) is 11.8 Å². The Morgan fingerprint density at radius 1 is 1.58 bits per heavy atom. The predicted molar refractivity (Wildman–Crippen MR) is 52.8 cm³/mol. The van der Waals surface area contributed by atoms with Crippen LogP contribution in [0.2, 0.25) is 0 Å². The van der Waals surface area contributed by atoms with Gasteiger partial charge in [-0.15, -0.1) is 12.5 Å². The molecule has 0 bridgehead atoms. The third-order valence-electron chi connectivity index (χ3n) is 1.36. The number of allylic oxidation sites excluding steroid dienone is 1. The van der Waals surface area contributed by atoms with Crippen LogP contribution in [0.25, 0.3) is 0 Å². The Labute approximate surface area is 75.1 Å². The van der Waals surface area contributed by atoms with E-state index in [1.807, 2.05) is 6.08 Å². The van der Waals surface area contributed by atoms with E-state index in [1.165, 1.54) is 0 Å². The second-order valence-electron chi connectivity index (χ2n) is 2.50. The summed E-state index contributed by atoms with van der Waals surface area (Å²) < 4.78 is 5.23. The summed E-state index contributed by atoms with van der Waals surface area (Å²) in [6, 6.07) is 0. The summed E-state index contributed by atoms with van der Waals surface area (Å²) in [7, 11) is 0. The topological polar surface area (TPSA) is 9.23 Å². The lowest BCUT2D eigenvalue weighted by molar-refractivity contribution is 0.190. The van der Waals surface area contributed by atoms with Crippen LogP contribution in [-0.2, 0) is 4.74 Å². The maximum atomic E-state index is 5.23. The van der Waals surface area contributed by atoms with Crippen LogP contribution in [0.15, 0.2) is 24.8 Å². The Balaban J connectivity index is 3.29. The van der Waals surface area contributed by atoms with Crippen LogP contribution in [-0.4, -0.2) is 13.2 Å². The van der Waals surface area contributed by atoms with Gasteiger partial charge in [-0.3, -0.25) is 0 Å². The van der Waals surface area contributed by atoms with Crippen molar-refractivity contribution in [1.29, 1.82) is 0 Å².